The summed E-state index contributed by atoms with van der Waals surface area (Å²) in [5.41, 5.74) is -0.554. The second-order valence-electron chi connectivity index (χ2n) is 6.89. The molecule has 0 amide bonds. The molecule has 15 heteroatoms. The molecule has 2 aliphatic rings. The smallest absolute Gasteiger partial charge is 0.380 e. The maximum Gasteiger partial charge on any atom is 0.408 e. The Balaban J connectivity index is 0.00000320. The predicted octanol–water partition coefficient (Wildman–Crippen LogP) is 3.27. The lowest BCUT2D eigenvalue weighted by atomic mass is 9.92. The zero-order valence-electron chi connectivity index (χ0n) is 15.2. The molecule has 1 aliphatic carbocycles. The molecule has 0 bridgehead atoms. The number of allylic oxidation sites excluding steroid dienone is 1. The third-order valence-corrected chi connectivity index (χ3v) is 4.49. The number of hydrogen-bond donors (Lipinski definition) is 2. The van der Waals surface area contributed by atoms with Crippen molar-refractivity contribution in [3.63, 3.8) is 0 Å². The molecule has 1 aromatic heterocycles. The molecule has 2 heterocycles. The molecule has 30 heavy (non-hydrogen) atoms. The average molecular weight is 467 g/mol. The number of aliphatic hydroxyl groups excluding tert-OH is 1. The van der Waals surface area contributed by atoms with E-state index < -0.39 is 85.2 Å². The van der Waals surface area contributed by atoms with Crippen molar-refractivity contribution in [1.29, 1.82) is 0 Å². The zero-order chi connectivity index (χ0) is 21.8. The van der Waals surface area contributed by atoms with E-state index in [0.29, 0.717) is 0 Å². The van der Waals surface area contributed by atoms with E-state index in [9.17, 15) is 40.2 Å². The van der Waals surface area contributed by atoms with Gasteiger partial charge in [-0.2, -0.15) is 41.6 Å². The van der Waals surface area contributed by atoms with Gasteiger partial charge >= 0.3 is 6.18 Å². The van der Waals surface area contributed by atoms with E-state index in [1.165, 1.54) is 0 Å². The van der Waals surface area contributed by atoms with Crippen LogP contribution in [0.15, 0.2) is 5.83 Å². The van der Waals surface area contributed by atoms with Crippen molar-refractivity contribution < 1.29 is 40.2 Å². The van der Waals surface area contributed by atoms with Crippen molar-refractivity contribution in [2.45, 2.75) is 49.9 Å². The maximum atomic E-state index is 14.3. The highest BCUT2D eigenvalue weighted by Gasteiger charge is 2.48. The monoisotopic (exact) mass is 467 g/mol. The van der Waals surface area contributed by atoms with E-state index in [1.807, 2.05) is 5.32 Å². The first-order chi connectivity index (χ1) is 13.2. The number of alkyl halides is 7. The first-order valence-corrected chi connectivity index (χ1v) is 8.36. The van der Waals surface area contributed by atoms with Gasteiger partial charge in [0.1, 0.15) is 11.9 Å². The van der Waals surface area contributed by atoms with Crippen LogP contribution >= 0.6 is 13.5 Å². The average Bonchev–Trinajstić information content (AvgIpc) is 2.56. The maximum absolute atomic E-state index is 14.3. The highest BCUT2D eigenvalue weighted by Crippen LogP contribution is 2.41. The molecule has 6 nitrogen and oxygen atoms in total. The Labute approximate surface area is 171 Å². The van der Waals surface area contributed by atoms with E-state index >= 15 is 0 Å². The third kappa shape index (κ3) is 4.87. The summed E-state index contributed by atoms with van der Waals surface area (Å²) in [7, 11) is 0. The molecule has 0 spiro atoms. The fourth-order valence-electron chi connectivity index (χ4n) is 2.75. The second kappa shape index (κ2) is 7.98. The van der Waals surface area contributed by atoms with Gasteiger partial charge in [-0.05, 0) is 13.3 Å². The number of aromatic nitrogens is 3. The van der Waals surface area contributed by atoms with Gasteiger partial charge in [0.05, 0.1) is 13.1 Å². The van der Waals surface area contributed by atoms with Crippen molar-refractivity contribution in [3.8, 4) is 0 Å². The number of hydrogen-bond acceptors (Lipinski definition) is 6. The van der Waals surface area contributed by atoms with Crippen LogP contribution in [0.4, 0.5) is 47.0 Å². The van der Waals surface area contributed by atoms with Gasteiger partial charge in [-0.3, -0.25) is 0 Å². The molecule has 1 fully saturated rings. The Morgan fingerprint density at radius 1 is 1.13 bits per heavy atom. The molecule has 0 radical (unpaired) electrons. The van der Waals surface area contributed by atoms with E-state index in [1.54, 1.807) is 0 Å². The van der Waals surface area contributed by atoms with Crippen LogP contribution in [0.2, 0.25) is 0 Å². The van der Waals surface area contributed by atoms with Gasteiger partial charge in [0.2, 0.25) is 11.9 Å². The first-order valence-electron chi connectivity index (χ1n) is 8.36. The number of rotatable bonds is 4. The van der Waals surface area contributed by atoms with Crippen molar-refractivity contribution >= 4 is 31.0 Å². The Hall–Kier alpha value is -1.90. The second-order valence-corrected chi connectivity index (χ2v) is 6.89. The molecule has 0 saturated carbocycles. The van der Waals surface area contributed by atoms with Crippen LogP contribution in [0.1, 0.15) is 25.6 Å². The van der Waals surface area contributed by atoms with Gasteiger partial charge in [-0.15, -0.1) is 0 Å². The van der Waals surface area contributed by atoms with Crippen LogP contribution in [0, 0.1) is 0 Å². The molecule has 0 aromatic carbocycles. The first kappa shape index (κ1) is 24.4. The molecule has 2 N–H and O–H groups in total. The lowest BCUT2D eigenvalue weighted by molar-refractivity contribution is -0.138. The van der Waals surface area contributed by atoms with E-state index in [-0.39, 0.29) is 13.5 Å². The van der Waals surface area contributed by atoms with Crippen LogP contribution in [0.25, 0.3) is 5.57 Å². The van der Waals surface area contributed by atoms with Crippen LogP contribution in [0.3, 0.4) is 0 Å². The van der Waals surface area contributed by atoms with Crippen molar-refractivity contribution in [1.82, 2.24) is 15.0 Å². The highest BCUT2D eigenvalue weighted by molar-refractivity contribution is 7.59. The van der Waals surface area contributed by atoms with E-state index in [0.717, 1.165) is 11.8 Å². The fraction of sp³-hybridized carbons (Fsp3) is 0.667. The Morgan fingerprint density at radius 3 is 2.27 bits per heavy atom. The number of halogens is 8. The van der Waals surface area contributed by atoms with Crippen molar-refractivity contribution in [2.24, 2.45) is 0 Å². The Kier molecular flexibility index (Phi) is 6.48. The number of aliphatic hydroxyl groups is 1. The SMILES string of the molecule is C[C@H](Nc1nc(C2=C(F)C(O)C(F)(F)CC2)nc(N2CC(F)(F)C2)n1)C(F)(F)F.S. The molecule has 1 aliphatic heterocycles. The van der Waals surface area contributed by atoms with Gasteiger partial charge in [0.25, 0.3) is 11.8 Å². The summed E-state index contributed by atoms with van der Waals surface area (Å²) < 4.78 is 106. The Morgan fingerprint density at radius 2 is 1.73 bits per heavy atom. The topological polar surface area (TPSA) is 74.2 Å². The summed E-state index contributed by atoms with van der Waals surface area (Å²) in [6, 6.07) is -2.15. The number of nitrogens with zero attached hydrogens (tertiary/aromatic N) is 4. The summed E-state index contributed by atoms with van der Waals surface area (Å²) >= 11 is 0. The molecule has 2 atom stereocenters. The number of anilines is 2. The molecular formula is C15H17F8N5OS. The van der Waals surface area contributed by atoms with Gasteiger partial charge in [-0.25, -0.2) is 22.0 Å². The lowest BCUT2D eigenvalue weighted by Gasteiger charge is -2.38. The summed E-state index contributed by atoms with van der Waals surface area (Å²) in [4.78, 5) is 11.9. The van der Waals surface area contributed by atoms with E-state index in [4.69, 9.17) is 0 Å². The summed E-state index contributed by atoms with van der Waals surface area (Å²) in [5, 5.41) is 11.3. The molecule has 3 rings (SSSR count). The van der Waals surface area contributed by atoms with Gasteiger partial charge in [-0.1, -0.05) is 0 Å². The van der Waals surface area contributed by atoms with Crippen molar-refractivity contribution in [3.05, 3.63) is 11.7 Å². The van der Waals surface area contributed by atoms with Gasteiger partial charge in [0, 0.05) is 12.0 Å². The summed E-state index contributed by atoms with van der Waals surface area (Å²) in [6.07, 6.45) is -9.06. The zero-order valence-corrected chi connectivity index (χ0v) is 16.2. The van der Waals surface area contributed by atoms with E-state index in [2.05, 4.69) is 15.0 Å². The quantitative estimate of drug-likeness (QED) is 0.663. The van der Waals surface area contributed by atoms with Crippen LogP contribution < -0.4 is 10.2 Å². The molecule has 1 aromatic rings. The molecule has 170 valence electrons. The van der Waals surface area contributed by atoms with Gasteiger partial charge < -0.3 is 15.3 Å². The van der Waals surface area contributed by atoms with Crippen LogP contribution in [0.5, 0.6) is 0 Å². The van der Waals surface area contributed by atoms with Crippen LogP contribution in [-0.4, -0.2) is 63.3 Å². The molecule has 1 saturated heterocycles. The fourth-order valence-corrected chi connectivity index (χ4v) is 2.75. The minimum atomic E-state index is -4.70. The minimum absolute atomic E-state index is 0. The summed E-state index contributed by atoms with van der Waals surface area (Å²) in [6.45, 7) is -0.911. The van der Waals surface area contributed by atoms with Crippen molar-refractivity contribution in [2.75, 3.05) is 23.3 Å². The van der Waals surface area contributed by atoms with Gasteiger partial charge in [0.15, 0.2) is 11.9 Å². The predicted molar refractivity (Wildman–Crippen MR) is 94.7 cm³/mol. The molecular weight excluding hydrogens is 450 g/mol. The largest absolute Gasteiger partial charge is 0.408 e. The molecule has 1 unspecified atom stereocenters. The summed E-state index contributed by atoms with van der Waals surface area (Å²) in [5.74, 6) is -10.2. The van der Waals surface area contributed by atoms with Crippen LogP contribution in [-0.2, 0) is 0 Å². The standard InChI is InChI=1S/C15H15F8N5O.H2S/c1-6(15(21,22)23)24-11-25-10(7-2-3-14(19,20)9(29)8(7)16)26-12(27-11)28-4-13(17,18)5-28;/h6,9,29H,2-5H2,1H3,(H,24,25,26,27);1H2/t6-,9?;/m0./s1. The number of nitrogens with one attached hydrogen (secondary N) is 1. The normalized spacial score (nSPS) is 24.1. The third-order valence-electron chi connectivity index (χ3n) is 4.49. The lowest BCUT2D eigenvalue weighted by Crippen LogP contribution is -2.57. The Bertz CT molecular complexity index is 826. The minimum Gasteiger partial charge on any atom is -0.380 e. The highest BCUT2D eigenvalue weighted by atomic mass is 32.1.